The summed E-state index contributed by atoms with van der Waals surface area (Å²) in [5.41, 5.74) is 13.1. The second-order valence-electron chi connectivity index (χ2n) is 6.68. The van der Waals surface area contributed by atoms with E-state index in [-0.39, 0.29) is 16.6 Å². The summed E-state index contributed by atoms with van der Waals surface area (Å²) in [6.45, 7) is 12.3. The minimum atomic E-state index is -0.523. The number of hydrogen-bond acceptors (Lipinski definition) is 3. The van der Waals surface area contributed by atoms with E-state index in [1.165, 1.54) is 0 Å². The molecule has 1 amide bonds. The molecular formula is C14H23N3O. The monoisotopic (exact) mass is 249 g/mol. The third-order valence-electron chi connectivity index (χ3n) is 2.87. The first-order valence-electron chi connectivity index (χ1n) is 6.06. The van der Waals surface area contributed by atoms with Crippen molar-refractivity contribution in [1.82, 2.24) is 4.98 Å². The Balaban J connectivity index is 3.64. The number of hydrogen-bond donors (Lipinski definition) is 2. The van der Waals surface area contributed by atoms with Crippen molar-refractivity contribution >= 4 is 11.7 Å². The minimum absolute atomic E-state index is 0.121. The molecule has 1 heterocycles. The quantitative estimate of drug-likeness (QED) is 0.801. The number of nitrogen functional groups attached to an aromatic ring is 1. The van der Waals surface area contributed by atoms with Gasteiger partial charge in [-0.3, -0.25) is 4.79 Å². The van der Waals surface area contributed by atoms with Crippen molar-refractivity contribution in [3.05, 3.63) is 22.9 Å². The molecule has 0 saturated heterocycles. The van der Waals surface area contributed by atoms with E-state index in [4.69, 9.17) is 11.5 Å². The minimum Gasteiger partial charge on any atom is -0.383 e. The Hall–Kier alpha value is -1.58. The predicted molar refractivity (Wildman–Crippen MR) is 74.6 cm³/mol. The van der Waals surface area contributed by atoms with E-state index in [1.807, 2.05) is 26.8 Å². The summed E-state index contributed by atoms with van der Waals surface area (Å²) in [5, 5.41) is 0. The molecule has 0 spiro atoms. The third-order valence-corrected chi connectivity index (χ3v) is 2.87. The lowest BCUT2D eigenvalue weighted by Gasteiger charge is -2.26. The largest absolute Gasteiger partial charge is 0.383 e. The number of nitrogens with zero attached hydrogens (tertiary/aromatic N) is 1. The summed E-state index contributed by atoms with van der Waals surface area (Å²) in [5.74, 6) is -0.301. The van der Waals surface area contributed by atoms with Crippen LogP contribution in [0.5, 0.6) is 0 Å². The molecule has 0 radical (unpaired) electrons. The Bertz CT molecular complexity index is 479. The van der Waals surface area contributed by atoms with Gasteiger partial charge >= 0.3 is 0 Å². The summed E-state index contributed by atoms with van der Waals surface area (Å²) < 4.78 is 0. The van der Waals surface area contributed by atoms with Gasteiger partial charge in [0.05, 0.1) is 5.56 Å². The molecule has 0 aromatic carbocycles. The van der Waals surface area contributed by atoms with E-state index >= 15 is 0 Å². The van der Waals surface area contributed by atoms with Crippen molar-refractivity contribution < 1.29 is 4.79 Å². The number of nitrogens with two attached hydrogens (primary N) is 2. The van der Waals surface area contributed by atoms with Crippen LogP contribution in [-0.2, 0) is 10.8 Å². The Labute approximate surface area is 109 Å². The number of amides is 1. The van der Waals surface area contributed by atoms with Gasteiger partial charge in [-0.2, -0.15) is 0 Å². The summed E-state index contributed by atoms with van der Waals surface area (Å²) in [6, 6.07) is 1.94. The molecular weight excluding hydrogens is 226 g/mol. The highest BCUT2D eigenvalue weighted by molar-refractivity contribution is 5.99. The van der Waals surface area contributed by atoms with E-state index in [1.54, 1.807) is 0 Å². The van der Waals surface area contributed by atoms with Crippen LogP contribution in [0.2, 0.25) is 0 Å². The van der Waals surface area contributed by atoms with Gasteiger partial charge in [0.25, 0.3) is 5.91 Å². The zero-order chi connectivity index (χ0) is 14.3. The average Bonchev–Trinajstić information content (AvgIpc) is 2.12. The lowest BCUT2D eigenvalue weighted by molar-refractivity contribution is 0.0998. The van der Waals surface area contributed by atoms with Gasteiger partial charge in [-0.15, -0.1) is 0 Å². The molecule has 1 aromatic heterocycles. The first-order valence-corrected chi connectivity index (χ1v) is 6.06. The third kappa shape index (κ3) is 2.81. The van der Waals surface area contributed by atoms with Crippen LogP contribution in [0.25, 0.3) is 0 Å². The van der Waals surface area contributed by atoms with E-state index in [2.05, 4.69) is 25.8 Å². The molecule has 0 unspecified atom stereocenters. The van der Waals surface area contributed by atoms with Crippen LogP contribution in [0.4, 0.5) is 5.82 Å². The maximum atomic E-state index is 11.6. The molecule has 100 valence electrons. The fraction of sp³-hybridized carbons (Fsp3) is 0.571. The van der Waals surface area contributed by atoms with Crippen LogP contribution >= 0.6 is 0 Å². The zero-order valence-electron chi connectivity index (χ0n) is 12.1. The molecule has 4 heteroatoms. The molecule has 4 nitrogen and oxygen atoms in total. The Kier molecular flexibility index (Phi) is 3.43. The van der Waals surface area contributed by atoms with Crippen molar-refractivity contribution in [2.45, 2.75) is 52.4 Å². The number of aromatic nitrogens is 1. The SMILES string of the molecule is CC(C)(C)c1cc(C(C)(C)C)c(C(N)=O)c(N)n1. The van der Waals surface area contributed by atoms with Crippen LogP contribution in [-0.4, -0.2) is 10.9 Å². The fourth-order valence-electron chi connectivity index (χ4n) is 1.80. The lowest BCUT2D eigenvalue weighted by Crippen LogP contribution is -2.26. The Morgan fingerprint density at radius 3 is 1.94 bits per heavy atom. The zero-order valence-corrected chi connectivity index (χ0v) is 12.1. The second-order valence-corrected chi connectivity index (χ2v) is 6.68. The van der Waals surface area contributed by atoms with Crippen LogP contribution in [0, 0.1) is 0 Å². The molecule has 1 rings (SSSR count). The van der Waals surface area contributed by atoms with Gasteiger partial charge in [0.1, 0.15) is 5.82 Å². The standard InChI is InChI=1S/C14H23N3O/c1-13(2,3)8-7-9(14(4,5)6)17-11(15)10(8)12(16)18/h7H,1-6H3,(H2,15,17)(H2,16,18). The van der Waals surface area contributed by atoms with Crippen molar-refractivity contribution in [3.63, 3.8) is 0 Å². The van der Waals surface area contributed by atoms with Crippen molar-refractivity contribution in [2.75, 3.05) is 5.73 Å². The number of carbonyl (C=O) groups excluding carboxylic acids is 1. The van der Waals surface area contributed by atoms with Gasteiger partial charge in [0.2, 0.25) is 0 Å². The Morgan fingerprint density at radius 2 is 1.61 bits per heavy atom. The topological polar surface area (TPSA) is 82.0 Å². The van der Waals surface area contributed by atoms with E-state index < -0.39 is 5.91 Å². The first kappa shape index (κ1) is 14.5. The smallest absolute Gasteiger partial charge is 0.252 e. The summed E-state index contributed by atoms with van der Waals surface area (Å²) in [6.07, 6.45) is 0. The number of pyridine rings is 1. The highest BCUT2D eigenvalue weighted by Gasteiger charge is 2.27. The molecule has 0 aliphatic carbocycles. The number of anilines is 1. The maximum absolute atomic E-state index is 11.6. The maximum Gasteiger partial charge on any atom is 0.252 e. The number of primary amides is 1. The highest BCUT2D eigenvalue weighted by Crippen LogP contribution is 2.32. The molecule has 0 fully saturated rings. The summed E-state index contributed by atoms with van der Waals surface area (Å²) in [7, 11) is 0. The highest BCUT2D eigenvalue weighted by atomic mass is 16.1. The van der Waals surface area contributed by atoms with Gasteiger partial charge in [-0.25, -0.2) is 4.98 Å². The molecule has 4 N–H and O–H groups in total. The van der Waals surface area contributed by atoms with E-state index in [0.29, 0.717) is 5.56 Å². The lowest BCUT2D eigenvalue weighted by atomic mass is 9.81. The van der Waals surface area contributed by atoms with Gasteiger partial charge in [0, 0.05) is 11.1 Å². The molecule has 0 saturated carbocycles. The molecule has 0 atom stereocenters. The van der Waals surface area contributed by atoms with E-state index in [0.717, 1.165) is 11.3 Å². The average molecular weight is 249 g/mol. The fourth-order valence-corrected chi connectivity index (χ4v) is 1.80. The summed E-state index contributed by atoms with van der Waals surface area (Å²) in [4.78, 5) is 15.9. The van der Waals surface area contributed by atoms with Gasteiger partial charge in [-0.1, -0.05) is 41.5 Å². The van der Waals surface area contributed by atoms with Crippen LogP contribution in [0.15, 0.2) is 6.07 Å². The van der Waals surface area contributed by atoms with Gasteiger partial charge in [0.15, 0.2) is 0 Å². The summed E-state index contributed by atoms with van der Waals surface area (Å²) >= 11 is 0. The molecule has 18 heavy (non-hydrogen) atoms. The Morgan fingerprint density at radius 1 is 1.11 bits per heavy atom. The molecule has 0 aliphatic heterocycles. The normalized spacial score (nSPS) is 12.6. The van der Waals surface area contributed by atoms with Crippen LogP contribution in [0.3, 0.4) is 0 Å². The molecule has 1 aromatic rings. The van der Waals surface area contributed by atoms with Crippen LogP contribution in [0.1, 0.15) is 63.2 Å². The molecule has 0 bridgehead atoms. The molecule has 0 aliphatic rings. The van der Waals surface area contributed by atoms with Gasteiger partial charge in [-0.05, 0) is 17.0 Å². The number of rotatable bonds is 1. The van der Waals surface area contributed by atoms with Crippen molar-refractivity contribution in [1.29, 1.82) is 0 Å². The van der Waals surface area contributed by atoms with Crippen molar-refractivity contribution in [3.8, 4) is 0 Å². The second kappa shape index (κ2) is 4.26. The van der Waals surface area contributed by atoms with E-state index in [9.17, 15) is 4.79 Å². The van der Waals surface area contributed by atoms with Crippen molar-refractivity contribution in [2.24, 2.45) is 5.73 Å². The van der Waals surface area contributed by atoms with Crippen LogP contribution < -0.4 is 11.5 Å². The number of carbonyl (C=O) groups is 1. The van der Waals surface area contributed by atoms with Gasteiger partial charge < -0.3 is 11.5 Å². The first-order chi connectivity index (χ1) is 7.94. The predicted octanol–water partition coefficient (Wildman–Crippen LogP) is 2.36.